The third-order valence-electron chi connectivity index (χ3n) is 7.30. The number of hydrogen-bond donors (Lipinski definition) is 2. The summed E-state index contributed by atoms with van der Waals surface area (Å²) in [7, 11) is 0. The minimum absolute atomic E-state index is 0.109. The van der Waals surface area contributed by atoms with Gasteiger partial charge < -0.3 is 15.8 Å². The Morgan fingerprint density at radius 2 is 1.89 bits per heavy atom. The largest absolute Gasteiger partial charge is 0.618 e. The second-order valence-corrected chi connectivity index (χ2v) is 9.89. The molecule has 0 saturated heterocycles. The number of aromatic nitrogens is 3. The summed E-state index contributed by atoms with van der Waals surface area (Å²) in [6.07, 6.45) is 6.11. The molecule has 2 aliphatic rings. The smallest absolute Gasteiger partial charge is 0.270 e. The van der Waals surface area contributed by atoms with Crippen LogP contribution in [0.3, 0.4) is 0 Å². The van der Waals surface area contributed by atoms with Crippen LogP contribution in [0.25, 0.3) is 11.1 Å². The third-order valence-corrected chi connectivity index (χ3v) is 7.61. The zero-order valence-corrected chi connectivity index (χ0v) is 20.5. The van der Waals surface area contributed by atoms with Gasteiger partial charge in [0.1, 0.15) is 11.7 Å². The fourth-order valence-electron chi connectivity index (χ4n) is 5.32. The van der Waals surface area contributed by atoms with Crippen molar-refractivity contribution in [2.75, 3.05) is 5.32 Å². The second-order valence-electron chi connectivity index (χ2n) is 9.49. The van der Waals surface area contributed by atoms with Crippen molar-refractivity contribution in [3.05, 3.63) is 70.4 Å². The SMILES string of the molecule is CCn1nccc1C(=O)N[C@@H](C(=O)Nc1ccc(-c2c(Cl)cc[n+]([O-])c2C)cc1)C1C[C@@H]2C[C@@H]2C1. The number of benzene rings is 1. The molecule has 2 aliphatic carbocycles. The number of carbonyl (C=O) groups excluding carboxylic acids is 2. The van der Waals surface area contributed by atoms with Crippen molar-refractivity contribution in [2.24, 2.45) is 17.8 Å². The highest BCUT2D eigenvalue weighted by Crippen LogP contribution is 2.55. The number of rotatable bonds is 7. The Kier molecular flexibility index (Phi) is 6.23. The van der Waals surface area contributed by atoms with E-state index in [-0.39, 0.29) is 17.7 Å². The zero-order chi connectivity index (χ0) is 24.7. The summed E-state index contributed by atoms with van der Waals surface area (Å²) in [4.78, 5) is 26.4. The van der Waals surface area contributed by atoms with Crippen LogP contribution in [0.15, 0.2) is 48.8 Å². The van der Waals surface area contributed by atoms with Crippen molar-refractivity contribution in [3.8, 4) is 11.1 Å². The van der Waals surface area contributed by atoms with E-state index in [0.717, 1.165) is 23.1 Å². The fraction of sp³-hybridized carbons (Fsp3) is 0.385. The molecule has 0 aliphatic heterocycles. The molecule has 2 fully saturated rings. The number of halogens is 1. The van der Waals surface area contributed by atoms with Gasteiger partial charge >= 0.3 is 0 Å². The highest BCUT2D eigenvalue weighted by atomic mass is 35.5. The van der Waals surface area contributed by atoms with E-state index in [2.05, 4.69) is 15.7 Å². The van der Waals surface area contributed by atoms with Crippen molar-refractivity contribution >= 4 is 29.1 Å². The number of fused-ring (bicyclic) bond motifs is 1. The fourth-order valence-corrected chi connectivity index (χ4v) is 5.62. The monoisotopic (exact) mass is 493 g/mol. The van der Waals surface area contributed by atoms with Gasteiger partial charge in [-0.05, 0) is 67.7 Å². The Morgan fingerprint density at radius 3 is 2.57 bits per heavy atom. The van der Waals surface area contributed by atoms with Crippen LogP contribution in [0.2, 0.25) is 5.02 Å². The minimum Gasteiger partial charge on any atom is -0.618 e. The highest BCUT2D eigenvalue weighted by Gasteiger charge is 2.49. The standard InChI is InChI=1S/C26H28ClN5O3/c1-3-31-22(8-10-28-31)25(33)30-24(19-13-17-12-18(17)14-19)26(34)29-20-6-4-16(5-7-20)23-15(2)32(35)11-9-21(23)27/h4-11,17-19,24H,3,12-14H2,1-2H3,(H,29,34)(H,30,33)/t17-,18+,19?,24-/m1/s1. The van der Waals surface area contributed by atoms with E-state index in [1.807, 2.05) is 19.1 Å². The van der Waals surface area contributed by atoms with Crippen LogP contribution in [0.5, 0.6) is 0 Å². The number of amides is 2. The predicted octanol–water partition coefficient (Wildman–Crippen LogP) is 3.95. The second kappa shape index (κ2) is 9.34. The first-order valence-corrected chi connectivity index (χ1v) is 12.4. The number of carbonyl (C=O) groups is 2. The van der Waals surface area contributed by atoms with E-state index in [1.165, 1.54) is 12.6 Å². The number of pyridine rings is 1. The topological polar surface area (TPSA) is 103 Å². The molecular weight excluding hydrogens is 466 g/mol. The van der Waals surface area contributed by atoms with Crippen molar-refractivity contribution < 1.29 is 14.3 Å². The summed E-state index contributed by atoms with van der Waals surface area (Å²) in [6, 6.07) is 9.81. The van der Waals surface area contributed by atoms with Gasteiger partial charge in [-0.1, -0.05) is 23.7 Å². The van der Waals surface area contributed by atoms with Crippen molar-refractivity contribution in [3.63, 3.8) is 0 Å². The summed E-state index contributed by atoms with van der Waals surface area (Å²) in [5.41, 5.74) is 3.00. The Morgan fingerprint density at radius 1 is 1.17 bits per heavy atom. The molecule has 3 aromatic rings. The van der Waals surface area contributed by atoms with E-state index < -0.39 is 6.04 Å². The highest BCUT2D eigenvalue weighted by molar-refractivity contribution is 6.33. The van der Waals surface area contributed by atoms with Crippen LogP contribution in [0.4, 0.5) is 5.69 Å². The van der Waals surface area contributed by atoms with Crippen LogP contribution in [-0.4, -0.2) is 27.6 Å². The molecule has 2 aromatic heterocycles. The molecule has 5 rings (SSSR count). The van der Waals surface area contributed by atoms with E-state index in [9.17, 15) is 14.8 Å². The van der Waals surface area contributed by atoms with E-state index in [4.69, 9.17) is 11.6 Å². The molecule has 182 valence electrons. The molecule has 4 atom stereocenters. The van der Waals surface area contributed by atoms with Gasteiger partial charge in [-0.25, -0.2) is 0 Å². The lowest BCUT2D eigenvalue weighted by Crippen LogP contribution is -2.48. The molecule has 2 saturated carbocycles. The number of nitrogens with zero attached hydrogens (tertiary/aromatic N) is 3. The molecule has 0 bridgehead atoms. The van der Waals surface area contributed by atoms with Crippen LogP contribution in [0, 0.1) is 29.9 Å². The lowest BCUT2D eigenvalue weighted by molar-refractivity contribution is -0.611. The van der Waals surface area contributed by atoms with Gasteiger partial charge in [-0.2, -0.15) is 9.83 Å². The van der Waals surface area contributed by atoms with Gasteiger partial charge in [0.2, 0.25) is 5.91 Å². The quantitative estimate of drug-likeness (QED) is 0.384. The van der Waals surface area contributed by atoms with Gasteiger partial charge in [-0.3, -0.25) is 14.3 Å². The first-order valence-electron chi connectivity index (χ1n) is 12.0. The zero-order valence-electron chi connectivity index (χ0n) is 19.7. The Labute approximate surface area is 208 Å². The van der Waals surface area contributed by atoms with E-state index in [1.54, 1.807) is 42.1 Å². The summed E-state index contributed by atoms with van der Waals surface area (Å²) in [5.74, 6) is 0.940. The number of anilines is 1. The predicted molar refractivity (Wildman–Crippen MR) is 133 cm³/mol. The van der Waals surface area contributed by atoms with Gasteiger partial charge in [-0.15, -0.1) is 0 Å². The molecule has 2 N–H and O–H groups in total. The van der Waals surface area contributed by atoms with E-state index in [0.29, 0.717) is 46.0 Å². The Hall–Kier alpha value is -3.39. The van der Waals surface area contributed by atoms with Crippen molar-refractivity contribution in [2.45, 2.75) is 45.7 Å². The molecule has 1 aromatic carbocycles. The average molecular weight is 494 g/mol. The normalized spacial score (nSPS) is 21.3. The van der Waals surface area contributed by atoms with Crippen molar-refractivity contribution in [1.29, 1.82) is 0 Å². The molecular formula is C26H28ClN5O3. The third kappa shape index (κ3) is 4.62. The molecule has 2 heterocycles. The first kappa shape index (κ1) is 23.4. The molecule has 35 heavy (non-hydrogen) atoms. The number of aryl methyl sites for hydroxylation is 1. The average Bonchev–Trinajstić information content (AvgIpc) is 3.22. The van der Waals surface area contributed by atoms with E-state index >= 15 is 0 Å². The van der Waals surface area contributed by atoms with Crippen LogP contribution in [-0.2, 0) is 11.3 Å². The molecule has 2 amide bonds. The first-order chi connectivity index (χ1) is 16.9. The van der Waals surface area contributed by atoms with Crippen LogP contribution in [0.1, 0.15) is 42.4 Å². The van der Waals surface area contributed by atoms with Gasteiger partial charge in [0, 0.05) is 31.4 Å². The molecule has 0 spiro atoms. The summed E-state index contributed by atoms with van der Waals surface area (Å²) in [5, 5.41) is 22.6. The number of nitrogens with one attached hydrogen (secondary N) is 2. The molecule has 1 unspecified atom stereocenters. The van der Waals surface area contributed by atoms with Crippen LogP contribution >= 0.6 is 11.6 Å². The maximum atomic E-state index is 13.4. The van der Waals surface area contributed by atoms with Gasteiger partial charge in [0.15, 0.2) is 11.9 Å². The lowest BCUT2D eigenvalue weighted by Gasteiger charge is -2.25. The summed E-state index contributed by atoms with van der Waals surface area (Å²) >= 11 is 6.33. The Balaban J connectivity index is 1.33. The lowest BCUT2D eigenvalue weighted by atomic mass is 9.93. The van der Waals surface area contributed by atoms with Crippen molar-refractivity contribution in [1.82, 2.24) is 15.1 Å². The Bertz CT molecular complexity index is 1260. The van der Waals surface area contributed by atoms with Crippen LogP contribution < -0.4 is 15.4 Å². The molecule has 9 heteroatoms. The number of hydrogen-bond acceptors (Lipinski definition) is 4. The minimum atomic E-state index is -0.625. The summed E-state index contributed by atoms with van der Waals surface area (Å²) < 4.78 is 2.40. The maximum absolute atomic E-state index is 13.4. The van der Waals surface area contributed by atoms with Gasteiger partial charge in [0.25, 0.3) is 5.91 Å². The molecule has 0 radical (unpaired) electrons. The molecule has 8 nitrogen and oxygen atoms in total. The van der Waals surface area contributed by atoms with Gasteiger partial charge in [0.05, 0.1) is 10.6 Å². The maximum Gasteiger partial charge on any atom is 0.270 e. The summed E-state index contributed by atoms with van der Waals surface area (Å²) in [6.45, 7) is 4.21.